The molecule has 5 nitrogen and oxygen atoms in total. The van der Waals surface area contributed by atoms with Gasteiger partial charge in [0.2, 0.25) is 0 Å². The number of nitrogens with zero attached hydrogens (tertiary/aromatic N) is 1. The van der Waals surface area contributed by atoms with Gasteiger partial charge in [-0.2, -0.15) is 0 Å². The van der Waals surface area contributed by atoms with Gasteiger partial charge in [-0.1, -0.05) is 59.6 Å². The average molecular weight is 549 g/mol. The molecule has 37 heavy (non-hydrogen) atoms. The zero-order valence-electron chi connectivity index (χ0n) is 19.6. The van der Waals surface area contributed by atoms with Gasteiger partial charge in [0.1, 0.15) is 0 Å². The van der Waals surface area contributed by atoms with Gasteiger partial charge in [-0.3, -0.25) is 9.59 Å². The van der Waals surface area contributed by atoms with Crippen LogP contribution >= 0.6 is 23.2 Å². The number of carbonyl (C=O) groups is 2. The predicted octanol–water partition coefficient (Wildman–Crippen LogP) is 6.29. The standard InChI is InChI=1S/C29H22Cl2N2O3S/c30-22-11-8-19(9-12-22)14-15-32-28(34)21-10-13-27-25(17-21)33(18-20-4-3-5-23(31)16-20)29(35)24-6-1-2-7-26(24)37(27)36/h1-13,16-17H,14-15,18H2,(H,32,34)/t37-/m0/s1. The molecule has 4 aromatic carbocycles. The lowest BCUT2D eigenvalue weighted by atomic mass is 10.1. The Bertz CT molecular complexity index is 1520. The largest absolute Gasteiger partial charge is 0.352 e. The molecule has 0 saturated heterocycles. The van der Waals surface area contributed by atoms with E-state index in [1.165, 1.54) is 0 Å². The van der Waals surface area contributed by atoms with E-state index in [0.717, 1.165) is 11.1 Å². The first-order valence-corrected chi connectivity index (χ1v) is 13.5. The minimum absolute atomic E-state index is 0.208. The summed E-state index contributed by atoms with van der Waals surface area (Å²) in [5.74, 6) is -0.567. The van der Waals surface area contributed by atoms with Crippen molar-refractivity contribution >= 4 is 51.5 Å². The molecule has 0 unspecified atom stereocenters. The SMILES string of the molecule is O=C(NCCc1ccc(Cl)cc1)c1ccc2c(c1)N(Cc1cccc(Cl)c1)C(=O)c1ccccc1[S@@]2=O. The van der Waals surface area contributed by atoms with E-state index in [2.05, 4.69) is 5.32 Å². The zero-order chi connectivity index (χ0) is 25.9. The third-order valence-electron chi connectivity index (χ3n) is 6.12. The van der Waals surface area contributed by atoms with Gasteiger partial charge in [0.25, 0.3) is 11.8 Å². The number of hydrogen-bond acceptors (Lipinski definition) is 3. The summed E-state index contributed by atoms with van der Waals surface area (Å²) in [6.45, 7) is 0.639. The van der Waals surface area contributed by atoms with Crippen molar-refractivity contribution in [1.82, 2.24) is 5.32 Å². The number of carbonyl (C=O) groups excluding carboxylic acids is 2. The summed E-state index contributed by atoms with van der Waals surface area (Å²) in [6.07, 6.45) is 0.645. The number of benzene rings is 4. The topological polar surface area (TPSA) is 66.5 Å². The average Bonchev–Trinajstić information content (AvgIpc) is 2.99. The molecule has 4 aromatic rings. The van der Waals surface area contributed by atoms with Crippen molar-refractivity contribution < 1.29 is 13.8 Å². The molecular formula is C29H22Cl2N2O3S. The highest BCUT2D eigenvalue weighted by atomic mass is 35.5. The van der Waals surface area contributed by atoms with Crippen molar-refractivity contribution in [1.29, 1.82) is 0 Å². The maximum atomic E-state index is 13.7. The minimum Gasteiger partial charge on any atom is -0.352 e. The van der Waals surface area contributed by atoms with E-state index in [0.29, 0.717) is 49.6 Å². The second-order valence-corrected chi connectivity index (χ2v) is 10.9. The minimum atomic E-state index is -1.60. The van der Waals surface area contributed by atoms with Crippen LogP contribution in [0.4, 0.5) is 5.69 Å². The van der Waals surface area contributed by atoms with Crippen molar-refractivity contribution in [3.8, 4) is 0 Å². The van der Waals surface area contributed by atoms with E-state index in [1.807, 2.05) is 36.4 Å². The number of anilines is 1. The fourth-order valence-electron chi connectivity index (χ4n) is 4.25. The molecule has 1 aliphatic heterocycles. The van der Waals surface area contributed by atoms with Crippen LogP contribution < -0.4 is 10.2 Å². The molecular weight excluding hydrogens is 527 g/mol. The van der Waals surface area contributed by atoms with Crippen molar-refractivity contribution in [2.45, 2.75) is 22.8 Å². The quantitative estimate of drug-likeness (QED) is 0.307. The molecule has 0 saturated carbocycles. The Kier molecular flexibility index (Phi) is 7.42. The van der Waals surface area contributed by atoms with Crippen LogP contribution in [0.15, 0.2) is 101 Å². The lowest BCUT2D eigenvalue weighted by Gasteiger charge is -2.24. The van der Waals surface area contributed by atoms with E-state index < -0.39 is 10.8 Å². The molecule has 0 aromatic heterocycles. The number of hydrogen-bond donors (Lipinski definition) is 1. The van der Waals surface area contributed by atoms with Crippen LogP contribution in [0, 0.1) is 0 Å². The number of fused-ring (bicyclic) bond motifs is 2. The van der Waals surface area contributed by atoms with Gasteiger partial charge in [0.05, 0.1) is 38.4 Å². The summed E-state index contributed by atoms with van der Waals surface area (Å²) >= 11 is 12.1. The highest BCUT2D eigenvalue weighted by molar-refractivity contribution is 7.85. The predicted molar refractivity (Wildman–Crippen MR) is 147 cm³/mol. The van der Waals surface area contributed by atoms with Gasteiger partial charge in [0.15, 0.2) is 0 Å². The zero-order valence-corrected chi connectivity index (χ0v) is 21.9. The molecule has 1 N–H and O–H groups in total. The third kappa shape index (κ3) is 5.47. The maximum Gasteiger partial charge on any atom is 0.259 e. The van der Waals surface area contributed by atoms with Gasteiger partial charge in [-0.15, -0.1) is 0 Å². The third-order valence-corrected chi connectivity index (χ3v) is 8.10. The first-order chi connectivity index (χ1) is 17.9. The number of rotatable bonds is 6. The molecule has 1 atom stereocenters. The van der Waals surface area contributed by atoms with Crippen LogP contribution in [0.25, 0.3) is 0 Å². The molecule has 1 heterocycles. The second kappa shape index (κ2) is 10.9. The summed E-state index contributed by atoms with van der Waals surface area (Å²) in [5.41, 5.74) is 3.05. The molecule has 0 fully saturated rings. The van der Waals surface area contributed by atoms with Crippen LogP contribution in [-0.4, -0.2) is 22.6 Å². The van der Waals surface area contributed by atoms with Crippen LogP contribution in [0.5, 0.6) is 0 Å². The molecule has 2 amide bonds. The van der Waals surface area contributed by atoms with Crippen LogP contribution in [-0.2, 0) is 23.8 Å². The smallest absolute Gasteiger partial charge is 0.259 e. The monoisotopic (exact) mass is 548 g/mol. The summed E-state index contributed by atoms with van der Waals surface area (Å²) < 4.78 is 13.6. The van der Waals surface area contributed by atoms with Gasteiger partial charge in [-0.25, -0.2) is 4.21 Å². The Morgan fingerprint density at radius 1 is 0.811 bits per heavy atom. The van der Waals surface area contributed by atoms with E-state index in [9.17, 15) is 13.8 Å². The van der Waals surface area contributed by atoms with Crippen LogP contribution in [0.2, 0.25) is 10.0 Å². The summed E-state index contributed by atoms with van der Waals surface area (Å²) in [4.78, 5) is 29.2. The summed E-state index contributed by atoms with van der Waals surface area (Å²) in [6, 6.07) is 26.6. The van der Waals surface area contributed by atoms with Crippen molar-refractivity contribution in [3.05, 3.63) is 123 Å². The molecule has 186 valence electrons. The fraction of sp³-hybridized carbons (Fsp3) is 0.103. The van der Waals surface area contributed by atoms with Gasteiger partial charge in [-0.05, 0) is 72.1 Å². The Balaban J connectivity index is 1.47. The Morgan fingerprint density at radius 3 is 2.38 bits per heavy atom. The number of amides is 2. The molecule has 0 radical (unpaired) electrons. The molecule has 0 spiro atoms. The first kappa shape index (κ1) is 25.2. The molecule has 0 aliphatic carbocycles. The Labute approximate surface area is 227 Å². The van der Waals surface area contributed by atoms with Crippen molar-refractivity contribution in [2.75, 3.05) is 11.4 Å². The number of halogens is 2. The lowest BCUT2D eigenvalue weighted by molar-refractivity contribution is 0.0950. The summed E-state index contributed by atoms with van der Waals surface area (Å²) in [7, 11) is -1.60. The first-order valence-electron chi connectivity index (χ1n) is 11.6. The molecule has 8 heteroatoms. The molecule has 0 bridgehead atoms. The maximum absolute atomic E-state index is 13.7. The highest BCUT2D eigenvalue weighted by Crippen LogP contribution is 2.36. The fourth-order valence-corrected chi connectivity index (χ4v) is 5.94. The van der Waals surface area contributed by atoms with E-state index in [1.54, 1.807) is 59.5 Å². The summed E-state index contributed by atoms with van der Waals surface area (Å²) in [5, 5.41) is 4.14. The molecule has 5 rings (SSSR count). The van der Waals surface area contributed by atoms with E-state index in [4.69, 9.17) is 23.2 Å². The van der Waals surface area contributed by atoms with Gasteiger partial charge in [0, 0.05) is 22.2 Å². The molecule has 1 aliphatic rings. The Hall–Kier alpha value is -3.45. The Morgan fingerprint density at radius 2 is 1.59 bits per heavy atom. The van der Waals surface area contributed by atoms with Gasteiger partial charge < -0.3 is 10.2 Å². The van der Waals surface area contributed by atoms with E-state index >= 15 is 0 Å². The second-order valence-electron chi connectivity index (χ2n) is 8.60. The van der Waals surface area contributed by atoms with Gasteiger partial charge >= 0.3 is 0 Å². The van der Waals surface area contributed by atoms with Crippen molar-refractivity contribution in [2.24, 2.45) is 0 Å². The van der Waals surface area contributed by atoms with Crippen LogP contribution in [0.3, 0.4) is 0 Å². The normalized spacial score (nSPS) is 14.5. The lowest BCUT2D eigenvalue weighted by Crippen LogP contribution is -2.31. The highest BCUT2D eigenvalue weighted by Gasteiger charge is 2.31. The number of nitrogens with one attached hydrogen (secondary N) is 1. The van der Waals surface area contributed by atoms with E-state index in [-0.39, 0.29) is 18.4 Å². The van der Waals surface area contributed by atoms with Crippen molar-refractivity contribution in [3.63, 3.8) is 0 Å². The van der Waals surface area contributed by atoms with Crippen LogP contribution in [0.1, 0.15) is 31.8 Å².